The third-order valence-corrected chi connectivity index (χ3v) is 12.4. The normalized spacial score (nSPS) is 15.9. The van der Waals surface area contributed by atoms with Crippen LogP contribution in [0.5, 0.6) is 0 Å². The molecule has 10 aromatic rings. The van der Waals surface area contributed by atoms with E-state index in [2.05, 4.69) is 124 Å². The van der Waals surface area contributed by atoms with Crippen molar-refractivity contribution >= 4 is 72.9 Å². The van der Waals surface area contributed by atoms with Crippen molar-refractivity contribution in [1.82, 2.24) is 52.6 Å². The van der Waals surface area contributed by atoms with Gasteiger partial charge in [-0.15, -0.1) is 0 Å². The fourth-order valence-corrected chi connectivity index (χ4v) is 9.73. The lowest BCUT2D eigenvalue weighted by atomic mass is 9.95. The highest BCUT2D eigenvalue weighted by atomic mass is 15.3. The smallest absolute Gasteiger partial charge is 0.240 e. The van der Waals surface area contributed by atoms with Crippen LogP contribution >= 0.6 is 0 Å². The number of imidazole rings is 2. The maximum absolute atomic E-state index is 5.17. The standard InChI is InChI=1S/C44H41N13/c1-3-11-28(12-4-1)53-23-9-19-36(53)49-34-17-7-15-32-39(34)55(26-47-32)41-30-21-22-31-38(30)57-43(51-41)45-25-46-44(57)52-42(31)56-27-48-33-16-8-18-35(40(33)56)50-37-20-10-24-54(37)29-13-5-2-6-14-29/h7-10,15-29,49-50H,1-6,11-14H2. The van der Waals surface area contributed by atoms with E-state index in [-0.39, 0.29) is 0 Å². The highest BCUT2D eigenvalue weighted by molar-refractivity contribution is 6.08. The highest BCUT2D eigenvalue weighted by Gasteiger charge is 2.25. The molecule has 57 heavy (non-hydrogen) atoms. The molecule has 2 aliphatic carbocycles. The van der Waals surface area contributed by atoms with Crippen molar-refractivity contribution < 1.29 is 0 Å². The van der Waals surface area contributed by atoms with E-state index in [1.165, 1.54) is 64.2 Å². The van der Waals surface area contributed by atoms with Crippen LogP contribution in [0.15, 0.2) is 104 Å². The van der Waals surface area contributed by atoms with Gasteiger partial charge in [0, 0.05) is 35.2 Å². The molecular weight excluding hydrogens is 711 g/mol. The zero-order valence-corrected chi connectivity index (χ0v) is 31.5. The Morgan fingerprint density at radius 3 is 1.47 bits per heavy atom. The summed E-state index contributed by atoms with van der Waals surface area (Å²) in [6.45, 7) is 0. The molecule has 0 spiro atoms. The van der Waals surface area contributed by atoms with Gasteiger partial charge in [0.2, 0.25) is 11.6 Å². The number of para-hydroxylation sites is 2. The van der Waals surface area contributed by atoms with Crippen LogP contribution in [0.1, 0.15) is 76.3 Å². The molecule has 0 amide bonds. The van der Waals surface area contributed by atoms with Crippen molar-refractivity contribution in [2.75, 3.05) is 10.6 Å². The minimum absolute atomic E-state index is 0.504. The second-order valence-corrected chi connectivity index (χ2v) is 15.7. The Morgan fingerprint density at radius 1 is 0.491 bits per heavy atom. The van der Waals surface area contributed by atoms with E-state index in [9.17, 15) is 0 Å². The van der Waals surface area contributed by atoms with Crippen molar-refractivity contribution in [2.45, 2.75) is 76.3 Å². The molecule has 13 nitrogen and oxygen atoms in total. The minimum atomic E-state index is 0.504. The van der Waals surface area contributed by atoms with Crippen LogP contribution < -0.4 is 10.6 Å². The number of benzene rings is 2. The van der Waals surface area contributed by atoms with E-state index >= 15 is 0 Å². The molecule has 2 aliphatic rings. The summed E-state index contributed by atoms with van der Waals surface area (Å²) < 4.78 is 11.0. The van der Waals surface area contributed by atoms with E-state index in [1.54, 1.807) is 6.33 Å². The lowest BCUT2D eigenvalue weighted by Gasteiger charge is -2.26. The Balaban J connectivity index is 1.000. The van der Waals surface area contributed by atoms with Gasteiger partial charge in [-0.1, -0.05) is 50.7 Å². The van der Waals surface area contributed by atoms with Crippen LogP contribution in [-0.4, -0.2) is 52.6 Å². The first-order valence-corrected chi connectivity index (χ1v) is 20.3. The van der Waals surface area contributed by atoms with Gasteiger partial charge in [0.05, 0.1) is 39.0 Å². The van der Waals surface area contributed by atoms with Crippen molar-refractivity contribution in [2.24, 2.45) is 0 Å². The maximum atomic E-state index is 5.17. The maximum Gasteiger partial charge on any atom is 0.240 e. The van der Waals surface area contributed by atoms with Crippen LogP contribution in [0.4, 0.5) is 23.0 Å². The second-order valence-electron chi connectivity index (χ2n) is 15.7. The first-order valence-electron chi connectivity index (χ1n) is 20.3. The summed E-state index contributed by atoms with van der Waals surface area (Å²) >= 11 is 0. The Bertz CT molecular complexity index is 2870. The van der Waals surface area contributed by atoms with Gasteiger partial charge in [-0.05, 0) is 86.3 Å². The number of aromatic nitrogens is 11. The topological polar surface area (TPSA) is 126 Å². The predicted octanol–water partition coefficient (Wildman–Crippen LogP) is 10.0. The lowest BCUT2D eigenvalue weighted by molar-refractivity contribution is 0.357. The molecule has 3 aromatic carbocycles. The number of hydrogen-bond acceptors (Lipinski definition) is 8. The molecule has 0 unspecified atom stereocenters. The number of nitrogens with zero attached hydrogens (tertiary/aromatic N) is 11. The zero-order chi connectivity index (χ0) is 37.5. The Labute approximate surface area is 327 Å². The molecule has 0 bridgehead atoms. The third kappa shape index (κ3) is 5.14. The second kappa shape index (κ2) is 12.9. The summed E-state index contributed by atoms with van der Waals surface area (Å²) in [5.41, 5.74) is 6.52. The quantitative estimate of drug-likeness (QED) is 0.157. The molecule has 0 saturated heterocycles. The monoisotopic (exact) mass is 751 g/mol. The molecular formula is C44H41N13. The van der Waals surface area contributed by atoms with E-state index in [4.69, 9.17) is 19.9 Å². The number of rotatable bonds is 8. The van der Waals surface area contributed by atoms with Gasteiger partial charge in [0.15, 0.2) is 11.6 Å². The summed E-state index contributed by atoms with van der Waals surface area (Å²) in [6.07, 6.45) is 22.3. The van der Waals surface area contributed by atoms with Crippen molar-refractivity contribution in [1.29, 1.82) is 0 Å². The first-order chi connectivity index (χ1) is 28.3. The van der Waals surface area contributed by atoms with Crippen LogP contribution in [0.3, 0.4) is 0 Å². The van der Waals surface area contributed by atoms with Gasteiger partial charge in [-0.3, -0.25) is 9.13 Å². The number of anilines is 4. The summed E-state index contributed by atoms with van der Waals surface area (Å²) in [6, 6.07) is 26.3. The average molecular weight is 752 g/mol. The van der Waals surface area contributed by atoms with Crippen LogP contribution in [0.25, 0.3) is 61.5 Å². The summed E-state index contributed by atoms with van der Waals surface area (Å²) in [7, 11) is 0. The SMILES string of the molecule is c1cc(Nc2cccn2C2CCCCC2)c2c(c1)ncn2-c1nc2ncnc3nc(-n4cnc5cccc(Nc6cccn6C6CCCCC6)c54)c4ccc1c4n23. The lowest BCUT2D eigenvalue weighted by Crippen LogP contribution is -2.14. The van der Waals surface area contributed by atoms with Crippen molar-refractivity contribution in [3.05, 3.63) is 104 Å². The molecule has 282 valence electrons. The summed E-state index contributed by atoms with van der Waals surface area (Å²) in [5, 5.41) is 9.47. The van der Waals surface area contributed by atoms with E-state index in [0.29, 0.717) is 23.6 Å². The van der Waals surface area contributed by atoms with Gasteiger partial charge in [-0.2, -0.15) is 9.97 Å². The third-order valence-electron chi connectivity index (χ3n) is 12.4. The fourth-order valence-electron chi connectivity index (χ4n) is 9.73. The molecule has 2 N–H and O–H groups in total. The van der Waals surface area contributed by atoms with E-state index < -0.39 is 0 Å². The molecule has 2 saturated carbocycles. The van der Waals surface area contributed by atoms with Gasteiger partial charge >= 0.3 is 0 Å². The van der Waals surface area contributed by atoms with Gasteiger partial charge in [0.25, 0.3) is 0 Å². The molecule has 0 aliphatic heterocycles. The zero-order valence-electron chi connectivity index (χ0n) is 31.5. The molecule has 12 rings (SSSR count). The van der Waals surface area contributed by atoms with Gasteiger partial charge in [-0.25, -0.2) is 24.3 Å². The average Bonchev–Trinajstić information content (AvgIpc) is 4.11. The van der Waals surface area contributed by atoms with Gasteiger partial charge in [0.1, 0.15) is 30.6 Å². The molecule has 2 fully saturated rings. The number of nitrogens with one attached hydrogen (secondary N) is 2. The van der Waals surface area contributed by atoms with Crippen LogP contribution in [0.2, 0.25) is 0 Å². The van der Waals surface area contributed by atoms with E-state index in [1.807, 2.05) is 17.1 Å². The Morgan fingerprint density at radius 2 is 0.982 bits per heavy atom. The molecule has 0 atom stereocenters. The highest BCUT2D eigenvalue weighted by Crippen LogP contribution is 2.39. The Kier molecular flexibility index (Phi) is 7.35. The van der Waals surface area contributed by atoms with Crippen LogP contribution in [0, 0.1) is 0 Å². The van der Waals surface area contributed by atoms with E-state index in [0.717, 1.165) is 73.0 Å². The molecule has 0 radical (unpaired) electrons. The Hall–Kier alpha value is -6.76. The fraction of sp³-hybridized carbons (Fsp3) is 0.273. The van der Waals surface area contributed by atoms with Crippen molar-refractivity contribution in [3.63, 3.8) is 0 Å². The summed E-state index contributed by atoms with van der Waals surface area (Å²) in [4.78, 5) is 29.5. The van der Waals surface area contributed by atoms with Crippen molar-refractivity contribution in [3.8, 4) is 11.6 Å². The number of hydrogen-bond donors (Lipinski definition) is 2. The largest absolute Gasteiger partial charge is 0.340 e. The summed E-state index contributed by atoms with van der Waals surface area (Å²) in [5.74, 6) is 4.67. The molecule has 7 aromatic heterocycles. The van der Waals surface area contributed by atoms with Crippen LogP contribution in [-0.2, 0) is 0 Å². The number of fused-ring (bicyclic) bond motifs is 2. The molecule has 13 heteroatoms. The van der Waals surface area contributed by atoms with Gasteiger partial charge < -0.3 is 19.8 Å². The first kappa shape index (κ1) is 32.5. The predicted molar refractivity (Wildman–Crippen MR) is 224 cm³/mol. The molecule has 7 heterocycles. The minimum Gasteiger partial charge on any atom is -0.340 e.